The maximum atomic E-state index is 13.3. The number of hydrogen-bond acceptors (Lipinski definition) is 6. The molecule has 2 N–H and O–H groups in total. The van der Waals surface area contributed by atoms with Crippen molar-refractivity contribution < 1.29 is 18.3 Å². The van der Waals surface area contributed by atoms with Gasteiger partial charge in [-0.15, -0.1) is 11.3 Å². The van der Waals surface area contributed by atoms with Crippen LogP contribution in [0.1, 0.15) is 23.2 Å². The molecule has 7 nitrogen and oxygen atoms in total. The van der Waals surface area contributed by atoms with Gasteiger partial charge in [0, 0.05) is 23.7 Å². The van der Waals surface area contributed by atoms with Crippen molar-refractivity contribution in [3.8, 4) is 0 Å². The molecule has 2 saturated carbocycles. The predicted molar refractivity (Wildman–Crippen MR) is 99.9 cm³/mol. The second-order valence-electron chi connectivity index (χ2n) is 7.53. The molecular formula is C18H19N3O4S2. The zero-order chi connectivity index (χ0) is 18.8. The highest BCUT2D eigenvalue weighted by atomic mass is 32.2. The van der Waals surface area contributed by atoms with E-state index in [2.05, 4.69) is 10.3 Å². The van der Waals surface area contributed by atoms with Gasteiger partial charge in [0.05, 0.1) is 17.0 Å². The molecule has 3 fully saturated rings. The third-order valence-electron chi connectivity index (χ3n) is 6.16. The van der Waals surface area contributed by atoms with Gasteiger partial charge in [-0.25, -0.2) is 13.4 Å². The fraction of sp³-hybridized carbons (Fsp3) is 0.444. The third-order valence-corrected chi connectivity index (χ3v) is 8.71. The lowest BCUT2D eigenvalue weighted by atomic mass is 9.88. The third kappa shape index (κ3) is 2.64. The summed E-state index contributed by atoms with van der Waals surface area (Å²) in [6.45, 7) is 0.459. The lowest BCUT2D eigenvalue weighted by Gasteiger charge is -2.28. The van der Waals surface area contributed by atoms with Crippen LogP contribution < -0.4 is 5.32 Å². The number of nitrogens with one attached hydrogen (secondary N) is 1. The van der Waals surface area contributed by atoms with E-state index in [0.29, 0.717) is 17.6 Å². The quantitative estimate of drug-likeness (QED) is 0.808. The number of amides is 1. The molecule has 0 radical (unpaired) electrons. The minimum absolute atomic E-state index is 0.0891. The summed E-state index contributed by atoms with van der Waals surface area (Å²) in [6, 6.07) is 5.73. The Labute approximate surface area is 161 Å². The largest absolute Gasteiger partial charge is 0.391 e. The van der Waals surface area contributed by atoms with E-state index in [-0.39, 0.29) is 28.3 Å². The molecule has 27 heavy (non-hydrogen) atoms. The molecule has 2 aliphatic carbocycles. The summed E-state index contributed by atoms with van der Waals surface area (Å²) in [6.07, 6.45) is 2.83. The zero-order valence-electron chi connectivity index (χ0n) is 14.4. The van der Waals surface area contributed by atoms with Crippen LogP contribution in [0.5, 0.6) is 0 Å². The fourth-order valence-corrected chi connectivity index (χ4v) is 7.33. The van der Waals surface area contributed by atoms with Gasteiger partial charge in [0.15, 0.2) is 5.13 Å². The summed E-state index contributed by atoms with van der Waals surface area (Å²) < 4.78 is 28.0. The number of rotatable bonds is 4. The van der Waals surface area contributed by atoms with Crippen molar-refractivity contribution in [1.29, 1.82) is 0 Å². The Kier molecular flexibility index (Phi) is 3.91. The van der Waals surface area contributed by atoms with Gasteiger partial charge in [-0.1, -0.05) is 6.07 Å². The maximum Gasteiger partial charge on any atom is 0.257 e. The van der Waals surface area contributed by atoms with Crippen LogP contribution >= 0.6 is 11.3 Å². The lowest BCUT2D eigenvalue weighted by Crippen LogP contribution is -2.43. The van der Waals surface area contributed by atoms with Crippen LogP contribution in [0.2, 0.25) is 0 Å². The van der Waals surface area contributed by atoms with Crippen LogP contribution in [0.4, 0.5) is 5.13 Å². The molecule has 3 aliphatic rings. The van der Waals surface area contributed by atoms with Crippen LogP contribution in [0.15, 0.2) is 40.7 Å². The molecule has 1 amide bonds. The number of hydrogen-bond donors (Lipinski definition) is 2. The van der Waals surface area contributed by atoms with Crippen molar-refractivity contribution in [3.63, 3.8) is 0 Å². The minimum Gasteiger partial charge on any atom is -0.391 e. The van der Waals surface area contributed by atoms with E-state index in [1.165, 1.54) is 27.8 Å². The Bertz CT molecular complexity index is 990. The first-order valence-electron chi connectivity index (χ1n) is 8.96. The van der Waals surface area contributed by atoms with Gasteiger partial charge >= 0.3 is 0 Å². The number of aliphatic hydroxyl groups excluding tert-OH is 1. The molecule has 9 heteroatoms. The number of carbonyl (C=O) groups is 1. The normalized spacial score (nSPS) is 32.1. The SMILES string of the molecule is O=C(Nc1nccs1)c1cccc(S(=O)(=O)N2C[C@@H]3C[C@H]4C[C@H]3[C@@H]2[C@H]4O)c1. The van der Waals surface area contributed by atoms with Crippen molar-refractivity contribution in [1.82, 2.24) is 9.29 Å². The molecular weight excluding hydrogens is 386 g/mol. The molecule has 1 aliphatic heterocycles. The van der Waals surface area contributed by atoms with Crippen LogP contribution in [-0.2, 0) is 10.0 Å². The smallest absolute Gasteiger partial charge is 0.257 e. The second-order valence-corrected chi connectivity index (χ2v) is 10.3. The average Bonchev–Trinajstić information content (AvgIpc) is 3.39. The van der Waals surface area contributed by atoms with Crippen molar-refractivity contribution in [3.05, 3.63) is 41.4 Å². The van der Waals surface area contributed by atoms with E-state index < -0.39 is 22.0 Å². The highest BCUT2D eigenvalue weighted by Gasteiger charge is 2.61. The number of sulfonamides is 1. The summed E-state index contributed by atoms with van der Waals surface area (Å²) in [5, 5.41) is 15.4. The number of anilines is 1. The van der Waals surface area contributed by atoms with Gasteiger partial charge < -0.3 is 5.11 Å². The maximum absolute atomic E-state index is 13.3. The zero-order valence-corrected chi connectivity index (χ0v) is 16.0. The molecule has 1 saturated heterocycles. The van der Waals surface area contributed by atoms with Gasteiger partial charge in [-0.05, 0) is 48.8 Å². The molecule has 0 unspecified atom stereocenters. The molecule has 5 atom stereocenters. The summed E-state index contributed by atoms with van der Waals surface area (Å²) in [7, 11) is -3.77. The van der Waals surface area contributed by atoms with Crippen molar-refractivity contribution in [2.24, 2.45) is 17.8 Å². The summed E-state index contributed by atoms with van der Waals surface area (Å²) in [5.41, 5.74) is 0.262. The Morgan fingerprint density at radius 3 is 2.89 bits per heavy atom. The number of benzene rings is 1. The standard InChI is InChI=1S/C18H19N3O4S2/c22-16-11-6-12-9-21(15(16)14(12)8-11)27(24,25)13-3-1-2-10(7-13)17(23)20-18-19-4-5-26-18/h1-5,7,11-12,14-16,22H,6,8-9H2,(H,19,20,23)/t11-,12-,14+,15+,16-/m0/s1. The Balaban J connectivity index is 1.43. The number of aromatic nitrogens is 1. The summed E-state index contributed by atoms with van der Waals surface area (Å²) >= 11 is 1.29. The van der Waals surface area contributed by atoms with E-state index in [9.17, 15) is 18.3 Å². The van der Waals surface area contributed by atoms with Crippen LogP contribution in [0, 0.1) is 17.8 Å². The summed E-state index contributed by atoms with van der Waals surface area (Å²) in [4.78, 5) is 16.5. The van der Waals surface area contributed by atoms with Crippen LogP contribution in [0.25, 0.3) is 0 Å². The molecule has 1 aromatic carbocycles. The number of thiazole rings is 1. The summed E-state index contributed by atoms with van der Waals surface area (Å²) in [5.74, 6) is 0.427. The van der Waals surface area contributed by atoms with Crippen LogP contribution in [0.3, 0.4) is 0 Å². The monoisotopic (exact) mass is 405 g/mol. The number of fused-ring (bicyclic) bond motifs is 1. The van der Waals surface area contributed by atoms with Gasteiger partial charge in [-0.2, -0.15) is 4.31 Å². The average molecular weight is 406 g/mol. The second kappa shape index (κ2) is 6.10. The first-order valence-corrected chi connectivity index (χ1v) is 11.3. The first kappa shape index (κ1) is 17.3. The molecule has 2 aromatic rings. The Morgan fingerprint density at radius 2 is 2.15 bits per heavy atom. The van der Waals surface area contributed by atoms with E-state index in [1.807, 2.05) is 0 Å². The van der Waals surface area contributed by atoms with E-state index >= 15 is 0 Å². The van der Waals surface area contributed by atoms with Gasteiger partial charge in [0.25, 0.3) is 5.91 Å². The molecule has 0 spiro atoms. The predicted octanol–water partition coefficient (Wildman–Crippen LogP) is 1.79. The van der Waals surface area contributed by atoms with Crippen molar-refractivity contribution in [2.75, 3.05) is 11.9 Å². The highest BCUT2D eigenvalue weighted by Crippen LogP contribution is 2.56. The molecule has 5 rings (SSSR count). The Morgan fingerprint density at radius 1 is 1.30 bits per heavy atom. The molecule has 2 bridgehead atoms. The van der Waals surface area contributed by atoms with Gasteiger partial charge in [0.1, 0.15) is 0 Å². The number of carbonyl (C=O) groups excluding carboxylic acids is 1. The van der Waals surface area contributed by atoms with E-state index in [1.54, 1.807) is 23.7 Å². The lowest BCUT2D eigenvalue weighted by molar-refractivity contribution is 0.0731. The van der Waals surface area contributed by atoms with Crippen molar-refractivity contribution >= 4 is 32.4 Å². The van der Waals surface area contributed by atoms with E-state index in [4.69, 9.17) is 0 Å². The number of nitrogens with zero attached hydrogens (tertiary/aromatic N) is 2. The molecule has 142 valence electrons. The van der Waals surface area contributed by atoms with Crippen LogP contribution in [-0.4, -0.2) is 47.4 Å². The highest BCUT2D eigenvalue weighted by molar-refractivity contribution is 7.89. The minimum atomic E-state index is -3.77. The molecule has 1 aromatic heterocycles. The van der Waals surface area contributed by atoms with Gasteiger partial charge in [0.2, 0.25) is 10.0 Å². The Hall–Kier alpha value is -1.81. The van der Waals surface area contributed by atoms with Crippen molar-refractivity contribution in [2.45, 2.75) is 29.9 Å². The molecule has 2 heterocycles. The van der Waals surface area contributed by atoms with E-state index in [0.717, 1.165) is 12.8 Å². The topological polar surface area (TPSA) is 99.6 Å². The number of aliphatic hydroxyl groups is 1. The fourth-order valence-electron chi connectivity index (χ4n) is 5.02. The van der Waals surface area contributed by atoms with Gasteiger partial charge in [-0.3, -0.25) is 10.1 Å². The first-order chi connectivity index (χ1) is 12.9.